The maximum absolute atomic E-state index is 12.7. The number of anilines is 1. The number of benzene rings is 2. The Morgan fingerprint density at radius 2 is 1.68 bits per heavy atom. The second kappa shape index (κ2) is 10.6. The van der Waals surface area contributed by atoms with Gasteiger partial charge in [0.05, 0.1) is 18.6 Å². The van der Waals surface area contributed by atoms with E-state index in [4.69, 9.17) is 0 Å². The summed E-state index contributed by atoms with van der Waals surface area (Å²) in [4.78, 5) is 26.8. The zero-order valence-electron chi connectivity index (χ0n) is 17.2. The molecule has 2 aromatic carbocycles. The van der Waals surface area contributed by atoms with Crippen molar-refractivity contribution in [3.05, 3.63) is 65.7 Å². The molecule has 2 N–H and O–H groups in total. The minimum atomic E-state index is -0.410. The first-order chi connectivity index (χ1) is 13.4. The number of rotatable bonds is 9. The molecule has 5 nitrogen and oxygen atoms in total. The second-order valence-corrected chi connectivity index (χ2v) is 7.27. The average Bonchev–Trinajstić information content (AvgIpc) is 2.69. The number of amides is 2. The topological polar surface area (TPSA) is 61.4 Å². The molecule has 0 saturated heterocycles. The Morgan fingerprint density at radius 1 is 1.04 bits per heavy atom. The molecule has 28 heavy (non-hydrogen) atoms. The second-order valence-electron chi connectivity index (χ2n) is 7.27. The molecule has 5 heteroatoms. The Labute approximate surface area is 168 Å². The lowest BCUT2D eigenvalue weighted by Gasteiger charge is -2.26. The van der Waals surface area contributed by atoms with Crippen molar-refractivity contribution < 1.29 is 9.59 Å². The van der Waals surface area contributed by atoms with Gasteiger partial charge in [0.15, 0.2) is 0 Å². The van der Waals surface area contributed by atoms with Gasteiger partial charge in [0.25, 0.3) is 0 Å². The Morgan fingerprint density at radius 3 is 2.29 bits per heavy atom. The molecule has 0 aliphatic carbocycles. The fourth-order valence-corrected chi connectivity index (χ4v) is 2.99. The van der Waals surface area contributed by atoms with Crippen molar-refractivity contribution in [3.8, 4) is 0 Å². The highest BCUT2D eigenvalue weighted by Crippen LogP contribution is 2.18. The van der Waals surface area contributed by atoms with Gasteiger partial charge in [0, 0.05) is 5.69 Å². The summed E-state index contributed by atoms with van der Waals surface area (Å²) in [6.07, 6.45) is 1.85. The summed E-state index contributed by atoms with van der Waals surface area (Å²) >= 11 is 0. The van der Waals surface area contributed by atoms with Crippen molar-refractivity contribution in [1.29, 1.82) is 0 Å². The molecule has 0 spiro atoms. The molecule has 0 radical (unpaired) electrons. The van der Waals surface area contributed by atoms with Crippen molar-refractivity contribution >= 4 is 17.5 Å². The zero-order chi connectivity index (χ0) is 20.5. The van der Waals surface area contributed by atoms with Crippen molar-refractivity contribution in [2.24, 2.45) is 0 Å². The van der Waals surface area contributed by atoms with Crippen LogP contribution in [0.15, 0.2) is 54.6 Å². The molecule has 0 saturated carbocycles. The fourth-order valence-electron chi connectivity index (χ4n) is 2.99. The molecule has 0 heterocycles. The molecular formula is C23H31N3O2. The van der Waals surface area contributed by atoms with Crippen molar-refractivity contribution in [3.63, 3.8) is 0 Å². The number of hydrogen-bond donors (Lipinski definition) is 2. The first kappa shape index (κ1) is 21.6. The van der Waals surface area contributed by atoms with E-state index in [9.17, 15) is 9.59 Å². The van der Waals surface area contributed by atoms with Gasteiger partial charge in [-0.3, -0.25) is 14.5 Å². The number of carbonyl (C=O) groups excluding carboxylic acids is 2. The zero-order valence-corrected chi connectivity index (χ0v) is 17.2. The van der Waals surface area contributed by atoms with E-state index >= 15 is 0 Å². The molecule has 0 aliphatic heterocycles. The van der Waals surface area contributed by atoms with E-state index < -0.39 is 6.04 Å². The van der Waals surface area contributed by atoms with Crippen LogP contribution in [0.4, 0.5) is 5.69 Å². The SMILES string of the molecule is CCC[C@@H](NC(=O)[C@@H](C)N(C)CC(=O)Nc1ccc(C)cc1)c1ccccc1. The molecule has 2 amide bonds. The highest BCUT2D eigenvalue weighted by molar-refractivity contribution is 5.92. The van der Waals surface area contributed by atoms with Gasteiger partial charge < -0.3 is 10.6 Å². The maximum atomic E-state index is 12.7. The molecule has 0 fully saturated rings. The highest BCUT2D eigenvalue weighted by atomic mass is 16.2. The highest BCUT2D eigenvalue weighted by Gasteiger charge is 2.23. The smallest absolute Gasteiger partial charge is 0.238 e. The van der Waals surface area contributed by atoms with Crippen molar-refractivity contribution in [2.45, 2.75) is 45.7 Å². The maximum Gasteiger partial charge on any atom is 0.238 e. The van der Waals surface area contributed by atoms with E-state index in [0.29, 0.717) is 0 Å². The van der Waals surface area contributed by atoms with Crippen molar-refractivity contribution in [1.82, 2.24) is 10.2 Å². The van der Waals surface area contributed by atoms with E-state index in [1.54, 1.807) is 11.9 Å². The van der Waals surface area contributed by atoms with Crippen LogP contribution in [-0.4, -0.2) is 36.3 Å². The van der Waals surface area contributed by atoms with Gasteiger partial charge in [-0.1, -0.05) is 61.4 Å². The largest absolute Gasteiger partial charge is 0.348 e. The predicted molar refractivity (Wildman–Crippen MR) is 114 cm³/mol. The Balaban J connectivity index is 1.91. The fraction of sp³-hybridized carbons (Fsp3) is 0.391. The van der Waals surface area contributed by atoms with Gasteiger partial charge in [0.1, 0.15) is 0 Å². The van der Waals surface area contributed by atoms with Crippen LogP contribution in [0.5, 0.6) is 0 Å². The summed E-state index contributed by atoms with van der Waals surface area (Å²) in [6.45, 7) is 6.07. The number of carbonyl (C=O) groups is 2. The molecular weight excluding hydrogens is 350 g/mol. The van der Waals surface area contributed by atoms with Gasteiger partial charge >= 0.3 is 0 Å². The van der Waals surface area contributed by atoms with E-state index in [0.717, 1.165) is 29.7 Å². The van der Waals surface area contributed by atoms with E-state index in [1.807, 2.05) is 68.4 Å². The number of likely N-dealkylation sites (N-methyl/N-ethyl adjacent to an activating group) is 1. The lowest BCUT2D eigenvalue weighted by atomic mass is 10.0. The third-order valence-electron chi connectivity index (χ3n) is 4.86. The third kappa shape index (κ3) is 6.50. The predicted octanol–water partition coefficient (Wildman–Crippen LogP) is 3.91. The molecule has 0 aromatic heterocycles. The average molecular weight is 382 g/mol. The first-order valence-corrected chi connectivity index (χ1v) is 9.82. The molecule has 0 unspecified atom stereocenters. The van der Waals surface area contributed by atoms with Gasteiger partial charge in [-0.25, -0.2) is 0 Å². The molecule has 2 aromatic rings. The van der Waals surface area contributed by atoms with Crippen LogP contribution in [0.1, 0.15) is 43.9 Å². The summed E-state index contributed by atoms with van der Waals surface area (Å²) in [5.41, 5.74) is 3.00. The minimum absolute atomic E-state index is 0.0177. The summed E-state index contributed by atoms with van der Waals surface area (Å²) in [5.74, 6) is -0.216. The lowest BCUT2D eigenvalue weighted by Crippen LogP contribution is -2.46. The summed E-state index contributed by atoms with van der Waals surface area (Å²) in [7, 11) is 1.79. The van der Waals surface area contributed by atoms with Crippen LogP contribution >= 0.6 is 0 Å². The number of nitrogens with one attached hydrogen (secondary N) is 2. The number of hydrogen-bond acceptors (Lipinski definition) is 3. The summed E-state index contributed by atoms with van der Waals surface area (Å²) < 4.78 is 0. The Bertz CT molecular complexity index is 759. The normalized spacial score (nSPS) is 13.0. The Hall–Kier alpha value is -2.66. The molecule has 0 aliphatic rings. The van der Waals surface area contributed by atoms with Gasteiger partial charge in [-0.05, 0) is 45.0 Å². The van der Waals surface area contributed by atoms with Gasteiger partial charge in [0.2, 0.25) is 11.8 Å². The molecule has 150 valence electrons. The van der Waals surface area contributed by atoms with Crippen LogP contribution < -0.4 is 10.6 Å². The van der Waals surface area contributed by atoms with Gasteiger partial charge in [-0.15, -0.1) is 0 Å². The van der Waals surface area contributed by atoms with Crippen LogP contribution in [0.25, 0.3) is 0 Å². The van der Waals surface area contributed by atoms with Crippen LogP contribution in [-0.2, 0) is 9.59 Å². The minimum Gasteiger partial charge on any atom is -0.348 e. The standard InChI is InChI=1S/C23H31N3O2/c1-5-9-21(19-10-7-6-8-11-19)25-23(28)18(3)26(4)16-22(27)24-20-14-12-17(2)13-15-20/h6-8,10-15,18,21H,5,9,16H2,1-4H3,(H,24,27)(H,25,28)/t18-,21-/m1/s1. The number of aryl methyl sites for hydroxylation is 1. The third-order valence-corrected chi connectivity index (χ3v) is 4.86. The lowest BCUT2D eigenvalue weighted by molar-refractivity contribution is -0.127. The Kier molecular flexibility index (Phi) is 8.20. The summed E-state index contributed by atoms with van der Waals surface area (Å²) in [5, 5.41) is 6.00. The number of nitrogens with zero attached hydrogens (tertiary/aromatic N) is 1. The summed E-state index contributed by atoms with van der Waals surface area (Å²) in [6, 6.07) is 17.2. The van der Waals surface area contributed by atoms with E-state index in [1.165, 1.54) is 0 Å². The first-order valence-electron chi connectivity index (χ1n) is 9.82. The molecule has 0 bridgehead atoms. The molecule has 2 rings (SSSR count). The van der Waals surface area contributed by atoms with Crippen LogP contribution in [0.3, 0.4) is 0 Å². The van der Waals surface area contributed by atoms with Gasteiger partial charge in [-0.2, -0.15) is 0 Å². The van der Waals surface area contributed by atoms with E-state index in [-0.39, 0.29) is 24.4 Å². The van der Waals surface area contributed by atoms with E-state index in [2.05, 4.69) is 17.6 Å². The van der Waals surface area contributed by atoms with Crippen LogP contribution in [0, 0.1) is 6.92 Å². The van der Waals surface area contributed by atoms with Crippen LogP contribution in [0.2, 0.25) is 0 Å². The monoisotopic (exact) mass is 381 g/mol. The molecule has 2 atom stereocenters. The van der Waals surface area contributed by atoms with Crippen molar-refractivity contribution in [2.75, 3.05) is 18.9 Å². The quantitative estimate of drug-likeness (QED) is 0.692.